The van der Waals surface area contributed by atoms with Gasteiger partial charge in [0, 0.05) is 11.9 Å². The second kappa shape index (κ2) is 5.27. The van der Waals surface area contributed by atoms with Gasteiger partial charge in [0.1, 0.15) is 0 Å². The van der Waals surface area contributed by atoms with Crippen LogP contribution in [0.4, 0.5) is 0 Å². The molecule has 0 fully saturated rings. The van der Waals surface area contributed by atoms with Crippen molar-refractivity contribution in [3.05, 3.63) is 54.4 Å². The number of aromatic nitrogens is 1. The molecule has 0 spiro atoms. The highest BCUT2D eigenvalue weighted by molar-refractivity contribution is 7.80. The zero-order valence-electron chi connectivity index (χ0n) is 9.08. The van der Waals surface area contributed by atoms with Crippen molar-refractivity contribution in [3.63, 3.8) is 0 Å². The summed E-state index contributed by atoms with van der Waals surface area (Å²) in [5.41, 5.74) is 9.83. The number of nitrogens with zero attached hydrogens (tertiary/aromatic N) is 2. The van der Waals surface area contributed by atoms with Crippen molar-refractivity contribution in [2.24, 2.45) is 10.8 Å². The van der Waals surface area contributed by atoms with E-state index in [1.165, 1.54) is 0 Å². The summed E-state index contributed by atoms with van der Waals surface area (Å²) in [6, 6.07) is 13.9. The normalized spacial score (nSPS) is 10.6. The Morgan fingerprint density at radius 1 is 1.24 bits per heavy atom. The number of hydrogen-bond donors (Lipinski definition) is 2. The van der Waals surface area contributed by atoms with Gasteiger partial charge in [0.05, 0.1) is 11.9 Å². The van der Waals surface area contributed by atoms with Crippen molar-refractivity contribution in [1.82, 2.24) is 9.99 Å². The summed E-state index contributed by atoms with van der Waals surface area (Å²) in [5.74, 6) is 0. The number of hydrazone groups is 1. The Morgan fingerprint density at radius 3 is 2.71 bits per heavy atom. The molecule has 2 aromatic rings. The van der Waals surface area contributed by atoms with Gasteiger partial charge in [-0.05, 0) is 36.5 Å². The summed E-state index contributed by atoms with van der Waals surface area (Å²) in [5, 5.41) is 4.09. The third-order valence-electron chi connectivity index (χ3n) is 2.19. The van der Waals surface area contributed by atoms with Crippen molar-refractivity contribution >= 4 is 23.5 Å². The minimum absolute atomic E-state index is 0.152. The molecule has 0 radical (unpaired) electrons. The van der Waals surface area contributed by atoms with Gasteiger partial charge >= 0.3 is 0 Å². The van der Waals surface area contributed by atoms with Crippen molar-refractivity contribution in [2.45, 2.75) is 0 Å². The molecule has 0 bridgehead atoms. The summed E-state index contributed by atoms with van der Waals surface area (Å²) in [4.78, 5) is 0. The van der Waals surface area contributed by atoms with Gasteiger partial charge in [-0.2, -0.15) is 5.10 Å². The van der Waals surface area contributed by atoms with Gasteiger partial charge < -0.3 is 10.3 Å². The number of nitrogens with one attached hydrogen (secondary N) is 1. The Kier molecular flexibility index (Phi) is 3.52. The minimum atomic E-state index is 0.152. The standard InChI is InChI=1S/C12H12N4S/c13-12(17)15-14-9-11-7-4-8-16(11)10-5-2-1-3-6-10/h1-9H,(H3,13,15,17). The average Bonchev–Trinajstić information content (AvgIpc) is 2.78. The van der Waals surface area contributed by atoms with Crippen molar-refractivity contribution in [3.8, 4) is 5.69 Å². The molecule has 0 saturated heterocycles. The molecule has 1 aromatic carbocycles. The van der Waals surface area contributed by atoms with Gasteiger partial charge in [0.25, 0.3) is 0 Å². The molecule has 5 heteroatoms. The third kappa shape index (κ3) is 2.92. The predicted octanol–water partition coefficient (Wildman–Crippen LogP) is 1.64. The highest BCUT2D eigenvalue weighted by Gasteiger charge is 1.99. The van der Waals surface area contributed by atoms with Gasteiger partial charge in [-0.15, -0.1) is 0 Å². The van der Waals surface area contributed by atoms with E-state index in [4.69, 9.17) is 5.73 Å². The second-order valence-electron chi connectivity index (χ2n) is 3.37. The molecule has 0 aliphatic carbocycles. The van der Waals surface area contributed by atoms with Gasteiger partial charge in [-0.3, -0.25) is 5.43 Å². The van der Waals surface area contributed by atoms with E-state index >= 15 is 0 Å². The SMILES string of the molecule is NC(=S)NN=Cc1cccn1-c1ccccc1. The number of nitrogens with two attached hydrogens (primary N) is 1. The van der Waals surface area contributed by atoms with Crippen LogP contribution in [0.15, 0.2) is 53.8 Å². The molecule has 1 heterocycles. The Balaban J connectivity index is 2.23. The second-order valence-corrected chi connectivity index (χ2v) is 3.81. The first-order chi connectivity index (χ1) is 8.27. The fraction of sp³-hybridized carbons (Fsp3) is 0. The molecule has 1 aromatic heterocycles. The lowest BCUT2D eigenvalue weighted by Gasteiger charge is -2.05. The van der Waals surface area contributed by atoms with Gasteiger partial charge in [0.15, 0.2) is 5.11 Å². The van der Waals surface area contributed by atoms with Crippen LogP contribution in [0.5, 0.6) is 0 Å². The van der Waals surface area contributed by atoms with E-state index in [0.29, 0.717) is 0 Å². The molecule has 0 amide bonds. The van der Waals surface area contributed by atoms with Crippen LogP contribution < -0.4 is 11.2 Å². The maximum atomic E-state index is 5.28. The molecule has 17 heavy (non-hydrogen) atoms. The minimum Gasteiger partial charge on any atom is -0.375 e. The molecule has 2 rings (SSSR count). The Labute approximate surface area is 105 Å². The molecular formula is C12H12N4S. The van der Waals surface area contributed by atoms with Crippen molar-refractivity contribution < 1.29 is 0 Å². The molecule has 0 atom stereocenters. The summed E-state index contributed by atoms with van der Waals surface area (Å²) >= 11 is 4.66. The number of benzene rings is 1. The Hall–Kier alpha value is -2.14. The van der Waals surface area contributed by atoms with Gasteiger partial charge in [-0.25, -0.2) is 0 Å². The fourth-order valence-corrected chi connectivity index (χ4v) is 1.54. The molecule has 0 unspecified atom stereocenters. The number of rotatable bonds is 3. The van der Waals surface area contributed by atoms with Crippen molar-refractivity contribution in [1.29, 1.82) is 0 Å². The molecule has 86 valence electrons. The quantitative estimate of drug-likeness (QED) is 0.490. The number of hydrogen-bond acceptors (Lipinski definition) is 2. The van der Waals surface area contributed by atoms with E-state index in [9.17, 15) is 0 Å². The van der Waals surface area contributed by atoms with Crippen molar-refractivity contribution in [2.75, 3.05) is 0 Å². The molecule has 0 aliphatic rings. The summed E-state index contributed by atoms with van der Waals surface area (Å²) in [6.45, 7) is 0. The lowest BCUT2D eigenvalue weighted by atomic mass is 10.3. The van der Waals surface area contributed by atoms with Crippen LogP contribution in [0.3, 0.4) is 0 Å². The van der Waals surface area contributed by atoms with Crippen LogP contribution in [0.2, 0.25) is 0 Å². The first-order valence-electron chi connectivity index (χ1n) is 5.08. The van der Waals surface area contributed by atoms with E-state index < -0.39 is 0 Å². The van der Waals surface area contributed by atoms with Crippen LogP contribution in [0, 0.1) is 0 Å². The average molecular weight is 244 g/mol. The lowest BCUT2D eigenvalue weighted by Crippen LogP contribution is -2.24. The third-order valence-corrected chi connectivity index (χ3v) is 2.28. The largest absolute Gasteiger partial charge is 0.375 e. The molecule has 0 aliphatic heterocycles. The molecule has 4 nitrogen and oxygen atoms in total. The van der Waals surface area contributed by atoms with E-state index in [2.05, 4.69) is 22.7 Å². The number of para-hydroxylation sites is 1. The monoisotopic (exact) mass is 244 g/mol. The number of thiocarbonyl (C=S) groups is 1. The summed E-state index contributed by atoms with van der Waals surface area (Å²) in [6.07, 6.45) is 3.64. The molecule has 0 saturated carbocycles. The highest BCUT2D eigenvalue weighted by atomic mass is 32.1. The first kappa shape index (κ1) is 11.3. The smallest absolute Gasteiger partial charge is 0.184 e. The van der Waals surface area contributed by atoms with Crippen LogP contribution in [-0.2, 0) is 0 Å². The highest BCUT2D eigenvalue weighted by Crippen LogP contribution is 2.10. The molecular weight excluding hydrogens is 232 g/mol. The first-order valence-corrected chi connectivity index (χ1v) is 5.49. The fourth-order valence-electron chi connectivity index (χ4n) is 1.49. The zero-order valence-corrected chi connectivity index (χ0v) is 9.89. The van der Waals surface area contributed by atoms with Crippen LogP contribution >= 0.6 is 12.2 Å². The van der Waals surface area contributed by atoms with Gasteiger partial charge in [0.2, 0.25) is 0 Å². The van der Waals surface area contributed by atoms with Gasteiger partial charge in [-0.1, -0.05) is 18.2 Å². The predicted molar refractivity (Wildman–Crippen MR) is 73.3 cm³/mol. The maximum Gasteiger partial charge on any atom is 0.184 e. The van der Waals surface area contributed by atoms with E-state index in [1.807, 2.05) is 53.2 Å². The topological polar surface area (TPSA) is 55.3 Å². The Morgan fingerprint density at radius 2 is 2.00 bits per heavy atom. The van der Waals surface area contributed by atoms with Crippen LogP contribution in [0.1, 0.15) is 5.69 Å². The lowest BCUT2D eigenvalue weighted by molar-refractivity contribution is 1.02. The molecule has 3 N–H and O–H groups in total. The summed E-state index contributed by atoms with van der Waals surface area (Å²) in [7, 11) is 0. The van der Waals surface area contributed by atoms with E-state index in [0.717, 1.165) is 11.4 Å². The van der Waals surface area contributed by atoms with E-state index in [1.54, 1.807) is 6.21 Å². The Bertz CT molecular complexity index is 530. The van der Waals surface area contributed by atoms with Crippen LogP contribution in [0.25, 0.3) is 5.69 Å². The zero-order chi connectivity index (χ0) is 12.1. The summed E-state index contributed by atoms with van der Waals surface area (Å²) < 4.78 is 2.02. The van der Waals surface area contributed by atoms with Crippen LogP contribution in [-0.4, -0.2) is 15.9 Å². The van der Waals surface area contributed by atoms with E-state index in [-0.39, 0.29) is 5.11 Å². The maximum absolute atomic E-state index is 5.28.